The fraction of sp³-hybridized carbons (Fsp3) is 0.118. The Bertz CT molecular complexity index is 748. The highest BCUT2D eigenvalue weighted by Gasteiger charge is 2.06. The Morgan fingerprint density at radius 1 is 1.08 bits per heavy atom. The van der Waals surface area contributed by atoms with Gasteiger partial charge in [-0.15, -0.1) is 0 Å². The van der Waals surface area contributed by atoms with Gasteiger partial charge in [-0.3, -0.25) is 9.59 Å². The fourth-order valence-corrected chi connectivity index (χ4v) is 2.22. The standard InChI is InChI=1S/C17H15BrFN3O2/c18-13-3-1-2-12(10-13)11-20-22-17(24)9-8-16(23)21-15-6-4-14(19)5-7-15/h1-7,10-11H,8-9H2,(H,21,23)(H,22,24)/b20-11+. The summed E-state index contributed by atoms with van der Waals surface area (Å²) in [7, 11) is 0. The first-order valence-electron chi connectivity index (χ1n) is 7.16. The summed E-state index contributed by atoms with van der Waals surface area (Å²) in [5, 5.41) is 6.42. The van der Waals surface area contributed by atoms with Gasteiger partial charge in [0.25, 0.3) is 0 Å². The number of hydrogen-bond acceptors (Lipinski definition) is 3. The van der Waals surface area contributed by atoms with E-state index in [2.05, 4.69) is 31.8 Å². The van der Waals surface area contributed by atoms with E-state index in [0.717, 1.165) is 10.0 Å². The maximum Gasteiger partial charge on any atom is 0.240 e. The molecular weight excluding hydrogens is 377 g/mol. The molecule has 0 atom stereocenters. The highest BCUT2D eigenvalue weighted by molar-refractivity contribution is 9.10. The second kappa shape index (κ2) is 8.93. The molecule has 2 N–H and O–H groups in total. The number of anilines is 1. The second-order valence-corrected chi connectivity index (χ2v) is 5.82. The smallest absolute Gasteiger partial charge is 0.240 e. The molecule has 2 aromatic carbocycles. The number of nitrogens with one attached hydrogen (secondary N) is 2. The molecule has 2 amide bonds. The molecule has 0 aliphatic rings. The molecule has 2 aromatic rings. The Morgan fingerprint density at radius 3 is 2.50 bits per heavy atom. The zero-order valence-electron chi connectivity index (χ0n) is 12.6. The zero-order valence-corrected chi connectivity index (χ0v) is 14.2. The summed E-state index contributed by atoms with van der Waals surface area (Å²) in [6.07, 6.45) is 1.53. The number of carbonyl (C=O) groups is 2. The number of nitrogens with zero attached hydrogens (tertiary/aromatic N) is 1. The summed E-state index contributed by atoms with van der Waals surface area (Å²) in [6, 6.07) is 12.8. The van der Waals surface area contributed by atoms with E-state index in [1.54, 1.807) is 0 Å². The molecule has 0 bridgehead atoms. The van der Waals surface area contributed by atoms with Crippen LogP contribution in [0.3, 0.4) is 0 Å². The molecule has 0 unspecified atom stereocenters. The van der Waals surface area contributed by atoms with Gasteiger partial charge in [-0.05, 0) is 42.0 Å². The van der Waals surface area contributed by atoms with E-state index in [1.165, 1.54) is 30.5 Å². The summed E-state index contributed by atoms with van der Waals surface area (Å²) in [4.78, 5) is 23.3. The van der Waals surface area contributed by atoms with Gasteiger partial charge in [0.05, 0.1) is 6.21 Å². The SMILES string of the molecule is O=C(CCC(=O)Nc1ccc(F)cc1)N/N=C/c1cccc(Br)c1. The number of halogens is 2. The van der Waals surface area contributed by atoms with Gasteiger partial charge < -0.3 is 5.32 Å². The van der Waals surface area contributed by atoms with Crippen LogP contribution in [0.2, 0.25) is 0 Å². The molecule has 2 rings (SSSR count). The summed E-state index contributed by atoms with van der Waals surface area (Å²) in [5.74, 6) is -1.07. The highest BCUT2D eigenvalue weighted by Crippen LogP contribution is 2.10. The van der Waals surface area contributed by atoms with E-state index in [1.807, 2.05) is 24.3 Å². The largest absolute Gasteiger partial charge is 0.326 e. The van der Waals surface area contributed by atoms with Crippen LogP contribution in [0.4, 0.5) is 10.1 Å². The lowest BCUT2D eigenvalue weighted by Gasteiger charge is -2.04. The van der Waals surface area contributed by atoms with Crippen LogP contribution in [0, 0.1) is 5.82 Å². The van der Waals surface area contributed by atoms with Gasteiger partial charge in [-0.2, -0.15) is 5.10 Å². The van der Waals surface area contributed by atoms with E-state index in [4.69, 9.17) is 0 Å². The summed E-state index contributed by atoms with van der Waals surface area (Å²) < 4.78 is 13.7. The van der Waals surface area contributed by atoms with Gasteiger partial charge in [0, 0.05) is 23.0 Å². The molecule has 0 aromatic heterocycles. The van der Waals surface area contributed by atoms with Crippen molar-refractivity contribution in [2.45, 2.75) is 12.8 Å². The molecule has 0 heterocycles. The van der Waals surface area contributed by atoms with Crippen LogP contribution in [-0.4, -0.2) is 18.0 Å². The molecule has 0 fully saturated rings. The maximum atomic E-state index is 12.8. The van der Waals surface area contributed by atoms with E-state index in [0.29, 0.717) is 5.69 Å². The minimum Gasteiger partial charge on any atom is -0.326 e. The third-order valence-electron chi connectivity index (χ3n) is 2.96. The van der Waals surface area contributed by atoms with Crippen LogP contribution in [0.5, 0.6) is 0 Å². The van der Waals surface area contributed by atoms with Crippen LogP contribution in [0.15, 0.2) is 58.1 Å². The predicted molar refractivity (Wildman–Crippen MR) is 94.1 cm³/mol. The van der Waals surface area contributed by atoms with Crippen molar-refractivity contribution in [3.63, 3.8) is 0 Å². The van der Waals surface area contributed by atoms with E-state index < -0.39 is 0 Å². The molecule has 0 saturated carbocycles. The average molecular weight is 392 g/mol. The Balaban J connectivity index is 1.72. The molecule has 0 radical (unpaired) electrons. The normalized spacial score (nSPS) is 10.6. The molecule has 0 aliphatic carbocycles. The molecule has 124 valence electrons. The van der Waals surface area contributed by atoms with Crippen LogP contribution in [0.1, 0.15) is 18.4 Å². The van der Waals surface area contributed by atoms with Crippen LogP contribution in [0.25, 0.3) is 0 Å². The molecule has 0 spiro atoms. The van der Waals surface area contributed by atoms with Crippen LogP contribution < -0.4 is 10.7 Å². The molecule has 0 aliphatic heterocycles. The van der Waals surface area contributed by atoms with Crippen molar-refractivity contribution in [2.24, 2.45) is 5.10 Å². The third kappa shape index (κ3) is 6.29. The molecular formula is C17H15BrFN3O2. The van der Waals surface area contributed by atoms with Gasteiger partial charge in [-0.25, -0.2) is 9.82 Å². The molecule has 0 saturated heterocycles. The second-order valence-electron chi connectivity index (χ2n) is 4.90. The molecule has 7 heteroatoms. The predicted octanol–water partition coefficient (Wildman–Crippen LogP) is 3.46. The van der Waals surface area contributed by atoms with E-state index in [9.17, 15) is 14.0 Å². The van der Waals surface area contributed by atoms with Crippen molar-refractivity contribution in [2.75, 3.05) is 5.32 Å². The third-order valence-corrected chi connectivity index (χ3v) is 3.45. The van der Waals surface area contributed by atoms with Crippen LogP contribution >= 0.6 is 15.9 Å². The molecule has 24 heavy (non-hydrogen) atoms. The zero-order chi connectivity index (χ0) is 17.4. The van der Waals surface area contributed by atoms with Gasteiger partial charge in [0.15, 0.2) is 0 Å². The summed E-state index contributed by atoms with van der Waals surface area (Å²) >= 11 is 3.34. The van der Waals surface area contributed by atoms with Crippen molar-refractivity contribution in [1.29, 1.82) is 0 Å². The first kappa shape index (κ1) is 17.8. The lowest BCUT2D eigenvalue weighted by molar-refractivity contribution is -0.124. The number of hydrazone groups is 1. The highest BCUT2D eigenvalue weighted by atomic mass is 79.9. The van der Waals surface area contributed by atoms with Crippen molar-refractivity contribution in [3.05, 3.63) is 64.4 Å². The first-order valence-corrected chi connectivity index (χ1v) is 7.95. The average Bonchev–Trinajstić information content (AvgIpc) is 2.55. The van der Waals surface area contributed by atoms with Crippen molar-refractivity contribution in [1.82, 2.24) is 5.43 Å². The number of benzene rings is 2. The Kier molecular flexibility index (Phi) is 6.62. The Labute approximate surface area is 147 Å². The van der Waals surface area contributed by atoms with Crippen LogP contribution in [-0.2, 0) is 9.59 Å². The summed E-state index contributed by atoms with van der Waals surface area (Å²) in [5.41, 5.74) is 3.68. The maximum absolute atomic E-state index is 12.8. The lowest BCUT2D eigenvalue weighted by Crippen LogP contribution is -2.20. The minimum atomic E-state index is -0.379. The minimum absolute atomic E-state index is 0.00283. The number of rotatable bonds is 6. The number of carbonyl (C=O) groups excluding carboxylic acids is 2. The van der Waals surface area contributed by atoms with Gasteiger partial charge in [0.1, 0.15) is 5.82 Å². The molecule has 5 nitrogen and oxygen atoms in total. The summed E-state index contributed by atoms with van der Waals surface area (Å²) in [6.45, 7) is 0. The Hall–Kier alpha value is -2.54. The number of hydrogen-bond donors (Lipinski definition) is 2. The topological polar surface area (TPSA) is 70.6 Å². The lowest BCUT2D eigenvalue weighted by atomic mass is 10.2. The Morgan fingerprint density at radius 2 is 1.79 bits per heavy atom. The van der Waals surface area contributed by atoms with E-state index in [-0.39, 0.29) is 30.5 Å². The quantitative estimate of drug-likeness (QED) is 0.584. The first-order chi connectivity index (χ1) is 11.5. The van der Waals surface area contributed by atoms with Crippen molar-refractivity contribution in [3.8, 4) is 0 Å². The van der Waals surface area contributed by atoms with Gasteiger partial charge in [-0.1, -0.05) is 28.1 Å². The fourth-order valence-electron chi connectivity index (χ4n) is 1.81. The van der Waals surface area contributed by atoms with Crippen molar-refractivity contribution < 1.29 is 14.0 Å². The number of amides is 2. The van der Waals surface area contributed by atoms with E-state index >= 15 is 0 Å². The monoisotopic (exact) mass is 391 g/mol. The van der Waals surface area contributed by atoms with Crippen molar-refractivity contribution >= 4 is 39.6 Å². The van der Waals surface area contributed by atoms with Gasteiger partial charge >= 0.3 is 0 Å². The van der Waals surface area contributed by atoms with Gasteiger partial charge in [0.2, 0.25) is 11.8 Å².